The van der Waals surface area contributed by atoms with E-state index in [2.05, 4.69) is 54.0 Å². The number of nitrogens with one attached hydrogen (secondary N) is 1. The maximum atomic E-state index is 10.9. The number of aliphatic imine (C=N–C) groups is 1. The zero-order valence-electron chi connectivity index (χ0n) is 15.2. The second-order valence-corrected chi connectivity index (χ2v) is 8.39. The largest absolute Gasteiger partial charge is 0.335 e. The Balaban J connectivity index is 1.72. The van der Waals surface area contributed by atoms with Gasteiger partial charge in [0, 0.05) is 12.1 Å². The van der Waals surface area contributed by atoms with Crippen LogP contribution in [0, 0.1) is 17.0 Å². The normalized spacial score (nSPS) is 18.5. The Morgan fingerprint density at radius 3 is 2.25 bits per heavy atom. The fourth-order valence-electron chi connectivity index (χ4n) is 2.92. The summed E-state index contributed by atoms with van der Waals surface area (Å²) in [6, 6.07) is 24.9. The van der Waals surface area contributed by atoms with Crippen LogP contribution in [0.2, 0.25) is 0 Å². The van der Waals surface area contributed by atoms with Crippen molar-refractivity contribution in [2.24, 2.45) is 4.99 Å². The summed E-state index contributed by atoms with van der Waals surface area (Å²) >= 11 is 0. The van der Waals surface area contributed by atoms with Crippen molar-refractivity contribution in [2.45, 2.75) is 11.8 Å². The van der Waals surface area contributed by atoms with Gasteiger partial charge in [0.25, 0.3) is 5.69 Å². The maximum absolute atomic E-state index is 10.9. The Labute approximate surface area is 165 Å². The molecule has 6 heteroatoms. The highest BCUT2D eigenvalue weighted by Crippen LogP contribution is 2.45. The van der Waals surface area contributed by atoms with Gasteiger partial charge in [-0.05, 0) is 47.1 Å². The van der Waals surface area contributed by atoms with E-state index in [1.165, 1.54) is 22.6 Å². The molecule has 3 aromatic carbocycles. The molecule has 0 bridgehead atoms. The van der Waals surface area contributed by atoms with E-state index in [0.29, 0.717) is 5.69 Å². The summed E-state index contributed by atoms with van der Waals surface area (Å²) in [5.74, 6) is 0. The Kier molecular flexibility index (Phi) is 4.95. The van der Waals surface area contributed by atoms with Crippen LogP contribution in [0.25, 0.3) is 5.70 Å². The minimum atomic E-state index is -0.780. The van der Waals surface area contributed by atoms with Gasteiger partial charge in [0.2, 0.25) is 0 Å². The molecule has 1 aliphatic rings. The minimum absolute atomic E-state index is 0.0622. The number of rotatable bonds is 4. The number of non-ortho nitro benzene ring substituents is 1. The second kappa shape index (κ2) is 7.70. The second-order valence-electron chi connectivity index (χ2n) is 6.45. The van der Waals surface area contributed by atoms with Crippen molar-refractivity contribution in [2.75, 3.05) is 0 Å². The first-order chi connectivity index (χ1) is 13.6. The van der Waals surface area contributed by atoms with Crippen molar-refractivity contribution >= 4 is 33.1 Å². The van der Waals surface area contributed by atoms with Crippen molar-refractivity contribution < 1.29 is 4.92 Å². The van der Waals surface area contributed by atoms with E-state index in [1.807, 2.05) is 18.2 Å². The lowest BCUT2D eigenvalue weighted by molar-refractivity contribution is -0.384. The monoisotopic (exact) mass is 389 g/mol. The first-order valence-corrected chi connectivity index (χ1v) is 10.2. The van der Waals surface area contributed by atoms with Gasteiger partial charge in [0.1, 0.15) is 0 Å². The molecule has 0 aliphatic carbocycles. The number of nitro benzene ring substituents is 1. The summed E-state index contributed by atoms with van der Waals surface area (Å²) in [6.45, 7) is 2.07. The van der Waals surface area contributed by atoms with Crippen molar-refractivity contribution in [3.63, 3.8) is 0 Å². The first kappa shape index (κ1) is 18.0. The summed E-state index contributed by atoms with van der Waals surface area (Å²) in [7, 11) is -0.780. The van der Waals surface area contributed by atoms with E-state index in [4.69, 9.17) is 4.99 Å². The number of amidine groups is 1. The third-order valence-corrected chi connectivity index (χ3v) is 6.46. The van der Waals surface area contributed by atoms with E-state index < -0.39 is 15.8 Å². The lowest BCUT2D eigenvalue weighted by Gasteiger charge is -2.15. The molecule has 0 saturated carbocycles. The number of hydrogen-bond donors (Lipinski definition) is 2. The molecule has 4 rings (SSSR count). The van der Waals surface area contributed by atoms with E-state index in [-0.39, 0.29) is 5.69 Å². The van der Waals surface area contributed by atoms with Gasteiger partial charge < -0.3 is 5.32 Å². The van der Waals surface area contributed by atoms with Crippen molar-refractivity contribution in [3.8, 4) is 0 Å². The number of aryl methyl sites for hydroxylation is 1. The fourth-order valence-corrected chi connectivity index (χ4v) is 4.84. The molecule has 0 amide bonds. The molecule has 0 saturated heterocycles. The number of hydrogen-bond acceptors (Lipinski definition) is 3. The average Bonchev–Trinajstić information content (AvgIpc) is 3.13. The van der Waals surface area contributed by atoms with Gasteiger partial charge in [0.15, 0.2) is 5.17 Å². The van der Waals surface area contributed by atoms with Crippen LogP contribution in [0.5, 0.6) is 0 Å². The Morgan fingerprint density at radius 2 is 1.61 bits per heavy atom. The molecule has 1 atom stereocenters. The zero-order valence-corrected chi connectivity index (χ0v) is 16.1. The summed E-state index contributed by atoms with van der Waals surface area (Å²) < 4.78 is 0. The molecular formula is C22H19N3O2S. The van der Waals surface area contributed by atoms with Gasteiger partial charge in [-0.3, -0.25) is 10.1 Å². The standard InChI is InChI=1S/C22H19N3O2S/c1-16-7-13-20(14-8-16)28-15-21(17-5-3-2-4-6-17)24-22(28)23-18-9-11-19(12-10-18)25(26)27/h2-15,28H,1H3,(H,23,24). The molecule has 1 heterocycles. The van der Waals surface area contributed by atoms with E-state index in [0.717, 1.165) is 16.4 Å². The van der Waals surface area contributed by atoms with Crippen LogP contribution in [0.15, 0.2) is 94.2 Å². The summed E-state index contributed by atoms with van der Waals surface area (Å²) in [6.07, 6.45) is 0. The van der Waals surface area contributed by atoms with Gasteiger partial charge in [-0.15, -0.1) is 10.9 Å². The van der Waals surface area contributed by atoms with Crippen molar-refractivity contribution in [3.05, 3.63) is 106 Å². The molecule has 0 spiro atoms. The van der Waals surface area contributed by atoms with E-state index >= 15 is 0 Å². The summed E-state index contributed by atoms with van der Waals surface area (Å²) in [4.78, 5) is 16.5. The topological polar surface area (TPSA) is 67.5 Å². The van der Waals surface area contributed by atoms with Crippen LogP contribution < -0.4 is 5.32 Å². The highest BCUT2D eigenvalue weighted by atomic mass is 32.2. The molecule has 1 N–H and O–H groups in total. The molecule has 0 aromatic heterocycles. The van der Waals surface area contributed by atoms with Crippen molar-refractivity contribution in [1.29, 1.82) is 0 Å². The molecule has 140 valence electrons. The molecule has 0 fully saturated rings. The van der Waals surface area contributed by atoms with Crippen LogP contribution in [0.1, 0.15) is 11.1 Å². The predicted octanol–water partition coefficient (Wildman–Crippen LogP) is 5.55. The molecule has 0 radical (unpaired) electrons. The quantitative estimate of drug-likeness (QED) is 0.349. The molecule has 5 nitrogen and oxygen atoms in total. The third kappa shape index (κ3) is 3.82. The highest BCUT2D eigenvalue weighted by molar-refractivity contribution is 8.32. The van der Waals surface area contributed by atoms with Crippen molar-refractivity contribution in [1.82, 2.24) is 5.32 Å². The summed E-state index contributed by atoms with van der Waals surface area (Å²) in [5.41, 5.74) is 4.11. The van der Waals surface area contributed by atoms with Gasteiger partial charge in [0.05, 0.1) is 16.3 Å². The number of nitro groups is 1. The average molecular weight is 389 g/mol. The van der Waals surface area contributed by atoms with Crippen LogP contribution in [0.3, 0.4) is 0 Å². The molecule has 3 aromatic rings. The van der Waals surface area contributed by atoms with E-state index in [1.54, 1.807) is 12.1 Å². The molecule has 1 unspecified atom stereocenters. The van der Waals surface area contributed by atoms with Gasteiger partial charge >= 0.3 is 0 Å². The van der Waals surface area contributed by atoms with Gasteiger partial charge in [-0.25, -0.2) is 4.99 Å². The Morgan fingerprint density at radius 1 is 0.929 bits per heavy atom. The lowest BCUT2D eigenvalue weighted by Crippen LogP contribution is -2.15. The molecular weight excluding hydrogens is 370 g/mol. The SMILES string of the molecule is Cc1ccc([SH]2C=C(c3ccccc3)NC2=Nc2ccc([N+](=O)[O-])cc2)cc1. The number of benzene rings is 3. The van der Waals surface area contributed by atoms with Gasteiger partial charge in [-0.1, -0.05) is 48.0 Å². The minimum Gasteiger partial charge on any atom is -0.335 e. The number of nitrogens with zero attached hydrogens (tertiary/aromatic N) is 2. The molecule has 1 aliphatic heterocycles. The zero-order chi connectivity index (χ0) is 19.5. The maximum Gasteiger partial charge on any atom is 0.269 e. The van der Waals surface area contributed by atoms with Crippen LogP contribution >= 0.6 is 10.9 Å². The van der Waals surface area contributed by atoms with Crippen LogP contribution in [0.4, 0.5) is 11.4 Å². The third-order valence-electron chi connectivity index (χ3n) is 4.43. The predicted molar refractivity (Wildman–Crippen MR) is 116 cm³/mol. The molecule has 28 heavy (non-hydrogen) atoms. The smallest absolute Gasteiger partial charge is 0.269 e. The Bertz CT molecular complexity index is 1060. The lowest BCUT2D eigenvalue weighted by atomic mass is 10.2. The fraction of sp³-hybridized carbons (Fsp3) is 0.0455. The highest BCUT2D eigenvalue weighted by Gasteiger charge is 2.22. The number of thiol groups is 1. The van der Waals surface area contributed by atoms with Gasteiger partial charge in [-0.2, -0.15) is 0 Å². The Hall–Kier alpha value is -3.38. The summed E-state index contributed by atoms with van der Waals surface area (Å²) in [5, 5.41) is 17.4. The van der Waals surface area contributed by atoms with E-state index in [9.17, 15) is 10.1 Å². The van der Waals surface area contributed by atoms with Crippen LogP contribution in [-0.2, 0) is 0 Å². The first-order valence-electron chi connectivity index (χ1n) is 8.83. The van der Waals surface area contributed by atoms with Crippen LogP contribution in [-0.4, -0.2) is 10.1 Å².